The summed E-state index contributed by atoms with van der Waals surface area (Å²) in [4.78, 5) is 48.4. The second-order valence-electron chi connectivity index (χ2n) is 8.76. The fraction of sp³-hybridized carbons (Fsp3) is 0.0968. The second-order valence-corrected chi connectivity index (χ2v) is 8.76. The molecule has 4 rings (SSSR count). The van der Waals surface area contributed by atoms with Crippen LogP contribution in [0.25, 0.3) is 0 Å². The quantitative estimate of drug-likeness (QED) is 0.0799. The number of ether oxygens (including phenoxy) is 3. The molecule has 2 amide bonds. The standard InChI is InChI=1S/C31H26N4O8/c1-3-42-28-18-20(8-17-27(28)43-31(38)22-11-15-24(41-2)16-12-22)19-32-34-30(37)25-6-4-5-7-26(25)33-29(36)21-9-13-23(14-10-21)35(39)40/h4-19H,3H2,1-2H3,(H,33,36)(H,34,37)/b32-19-. The van der Waals surface area contributed by atoms with Gasteiger partial charge in [0.05, 0.1) is 41.7 Å². The number of non-ortho nitro benzene ring substituents is 1. The van der Waals surface area contributed by atoms with E-state index in [0.717, 1.165) is 0 Å². The Morgan fingerprint density at radius 2 is 1.58 bits per heavy atom. The fourth-order valence-electron chi connectivity index (χ4n) is 3.79. The summed E-state index contributed by atoms with van der Waals surface area (Å²) in [5, 5.41) is 17.5. The number of nitro benzene ring substituents is 1. The molecule has 0 unspecified atom stereocenters. The Morgan fingerprint density at radius 1 is 0.884 bits per heavy atom. The van der Waals surface area contributed by atoms with Gasteiger partial charge in [0, 0.05) is 17.7 Å². The van der Waals surface area contributed by atoms with Crippen LogP contribution in [-0.2, 0) is 0 Å². The van der Waals surface area contributed by atoms with Crippen molar-refractivity contribution in [1.29, 1.82) is 0 Å². The maximum atomic E-state index is 12.9. The first-order chi connectivity index (χ1) is 20.8. The summed E-state index contributed by atoms with van der Waals surface area (Å²) in [6.45, 7) is 2.10. The van der Waals surface area contributed by atoms with E-state index >= 15 is 0 Å². The van der Waals surface area contributed by atoms with Crippen molar-refractivity contribution >= 4 is 35.4 Å². The van der Waals surface area contributed by atoms with Crippen LogP contribution in [0.15, 0.2) is 96.1 Å². The minimum absolute atomic E-state index is 0.144. The highest BCUT2D eigenvalue weighted by Gasteiger charge is 2.16. The molecule has 0 aromatic heterocycles. The molecule has 0 spiro atoms. The number of para-hydroxylation sites is 1. The first kappa shape index (κ1) is 29.9. The van der Waals surface area contributed by atoms with Gasteiger partial charge in [0.1, 0.15) is 5.75 Å². The molecule has 0 aliphatic carbocycles. The van der Waals surface area contributed by atoms with E-state index in [-0.39, 0.29) is 28.3 Å². The van der Waals surface area contributed by atoms with Gasteiger partial charge in [0.25, 0.3) is 17.5 Å². The van der Waals surface area contributed by atoms with Crippen LogP contribution in [0.4, 0.5) is 11.4 Å². The number of carbonyl (C=O) groups is 3. The Kier molecular flexibility index (Phi) is 9.77. The summed E-state index contributed by atoms with van der Waals surface area (Å²) >= 11 is 0. The third-order valence-electron chi connectivity index (χ3n) is 5.94. The molecule has 0 saturated heterocycles. The molecule has 0 aliphatic rings. The lowest BCUT2D eigenvalue weighted by Crippen LogP contribution is -2.21. The Labute approximate surface area is 246 Å². The number of benzene rings is 4. The van der Waals surface area contributed by atoms with Gasteiger partial charge in [-0.05, 0) is 79.2 Å². The van der Waals surface area contributed by atoms with Gasteiger partial charge in [0.15, 0.2) is 11.5 Å². The lowest BCUT2D eigenvalue weighted by atomic mass is 10.1. The van der Waals surface area contributed by atoms with Gasteiger partial charge in [0.2, 0.25) is 0 Å². The molecule has 0 aliphatic heterocycles. The van der Waals surface area contributed by atoms with Gasteiger partial charge in [-0.15, -0.1) is 0 Å². The summed E-state index contributed by atoms with van der Waals surface area (Å²) in [7, 11) is 1.53. The van der Waals surface area contributed by atoms with Gasteiger partial charge in [-0.1, -0.05) is 12.1 Å². The van der Waals surface area contributed by atoms with E-state index in [1.807, 2.05) is 0 Å². The molecule has 218 valence electrons. The lowest BCUT2D eigenvalue weighted by molar-refractivity contribution is -0.384. The molecule has 2 N–H and O–H groups in total. The van der Waals surface area contributed by atoms with Crippen LogP contribution < -0.4 is 25.0 Å². The topological polar surface area (TPSA) is 158 Å². The summed E-state index contributed by atoms with van der Waals surface area (Å²) in [6.07, 6.45) is 1.38. The zero-order valence-electron chi connectivity index (χ0n) is 23.1. The predicted molar refractivity (Wildman–Crippen MR) is 158 cm³/mol. The van der Waals surface area contributed by atoms with Crippen molar-refractivity contribution in [3.63, 3.8) is 0 Å². The molecule has 0 saturated carbocycles. The second kappa shape index (κ2) is 14.0. The van der Waals surface area contributed by atoms with Crippen LogP contribution in [-0.4, -0.2) is 42.6 Å². The Hall–Kier alpha value is -6.04. The van der Waals surface area contributed by atoms with Gasteiger partial charge in [-0.3, -0.25) is 19.7 Å². The lowest BCUT2D eigenvalue weighted by Gasteiger charge is -2.12. The van der Waals surface area contributed by atoms with Crippen molar-refractivity contribution in [3.05, 3.63) is 123 Å². The molecule has 12 nitrogen and oxygen atoms in total. The van der Waals surface area contributed by atoms with Crippen molar-refractivity contribution in [1.82, 2.24) is 5.43 Å². The Bertz CT molecular complexity index is 1670. The molecular weight excluding hydrogens is 556 g/mol. The minimum atomic E-state index is -0.592. The number of hydrogen-bond donors (Lipinski definition) is 2. The number of hydrogen-bond acceptors (Lipinski definition) is 9. The number of anilines is 1. The number of esters is 1. The maximum Gasteiger partial charge on any atom is 0.343 e. The molecule has 0 radical (unpaired) electrons. The van der Waals surface area contributed by atoms with Gasteiger partial charge in [-0.2, -0.15) is 5.10 Å². The third kappa shape index (κ3) is 7.79. The summed E-state index contributed by atoms with van der Waals surface area (Å²) < 4.78 is 16.3. The summed E-state index contributed by atoms with van der Waals surface area (Å²) in [6, 6.07) is 22.7. The molecule has 0 bridgehead atoms. The fourth-order valence-corrected chi connectivity index (χ4v) is 3.79. The monoisotopic (exact) mass is 582 g/mol. The molecular formula is C31H26N4O8. The van der Waals surface area contributed by atoms with Crippen molar-refractivity contribution < 1.29 is 33.5 Å². The average molecular weight is 583 g/mol. The van der Waals surface area contributed by atoms with Crippen LogP contribution in [0.1, 0.15) is 43.6 Å². The summed E-state index contributed by atoms with van der Waals surface area (Å²) in [5.41, 5.74) is 3.70. The van der Waals surface area contributed by atoms with Crippen molar-refractivity contribution in [2.45, 2.75) is 6.92 Å². The zero-order valence-corrected chi connectivity index (χ0v) is 23.1. The van der Waals surface area contributed by atoms with Gasteiger partial charge < -0.3 is 19.5 Å². The number of nitrogens with one attached hydrogen (secondary N) is 2. The van der Waals surface area contributed by atoms with Crippen LogP contribution in [0, 0.1) is 10.1 Å². The van der Waals surface area contributed by atoms with Crippen LogP contribution >= 0.6 is 0 Å². The van der Waals surface area contributed by atoms with Gasteiger partial charge in [-0.25, -0.2) is 10.2 Å². The number of amides is 2. The molecule has 4 aromatic carbocycles. The van der Waals surface area contributed by atoms with E-state index in [2.05, 4.69) is 15.8 Å². The highest BCUT2D eigenvalue weighted by atomic mass is 16.6. The maximum absolute atomic E-state index is 12.9. The largest absolute Gasteiger partial charge is 0.497 e. The number of carbonyl (C=O) groups excluding carboxylic acids is 3. The number of nitrogens with zero attached hydrogens (tertiary/aromatic N) is 2. The number of methoxy groups -OCH3 is 1. The predicted octanol–water partition coefficient (Wildman–Crippen LogP) is 5.24. The van der Waals surface area contributed by atoms with Gasteiger partial charge >= 0.3 is 5.97 Å². The van der Waals surface area contributed by atoms with E-state index in [1.165, 1.54) is 43.7 Å². The van der Waals surface area contributed by atoms with E-state index in [0.29, 0.717) is 29.2 Å². The first-order valence-electron chi connectivity index (χ1n) is 12.9. The number of hydrazone groups is 1. The molecule has 43 heavy (non-hydrogen) atoms. The SMILES string of the molecule is CCOc1cc(/C=N\NC(=O)c2ccccc2NC(=O)c2ccc([N+](=O)[O-])cc2)ccc1OC(=O)c1ccc(OC)cc1. The summed E-state index contributed by atoms with van der Waals surface area (Å²) in [5.74, 6) is -0.587. The normalized spacial score (nSPS) is 10.6. The smallest absolute Gasteiger partial charge is 0.343 e. The molecule has 0 fully saturated rings. The highest BCUT2D eigenvalue weighted by Crippen LogP contribution is 2.29. The van der Waals surface area contributed by atoms with Crippen molar-refractivity contribution in [2.24, 2.45) is 5.10 Å². The van der Waals surface area contributed by atoms with Crippen molar-refractivity contribution in [2.75, 3.05) is 19.0 Å². The molecule has 12 heteroatoms. The third-order valence-corrected chi connectivity index (χ3v) is 5.94. The average Bonchev–Trinajstić information content (AvgIpc) is 3.02. The number of nitro groups is 1. The van der Waals surface area contributed by atoms with E-state index in [9.17, 15) is 24.5 Å². The van der Waals surface area contributed by atoms with E-state index < -0.39 is 22.7 Å². The van der Waals surface area contributed by atoms with Crippen LogP contribution in [0.5, 0.6) is 17.2 Å². The van der Waals surface area contributed by atoms with Crippen LogP contribution in [0.3, 0.4) is 0 Å². The zero-order chi connectivity index (χ0) is 30.8. The Morgan fingerprint density at radius 3 is 2.26 bits per heavy atom. The molecule has 0 atom stereocenters. The molecule has 4 aromatic rings. The van der Waals surface area contributed by atoms with Crippen molar-refractivity contribution in [3.8, 4) is 17.2 Å². The van der Waals surface area contributed by atoms with E-state index in [1.54, 1.807) is 67.6 Å². The van der Waals surface area contributed by atoms with E-state index in [4.69, 9.17) is 14.2 Å². The first-order valence-corrected chi connectivity index (χ1v) is 12.9. The minimum Gasteiger partial charge on any atom is -0.497 e. The Balaban J connectivity index is 1.42. The van der Waals surface area contributed by atoms with Crippen LogP contribution in [0.2, 0.25) is 0 Å². The number of rotatable bonds is 11. The molecule has 0 heterocycles. The highest BCUT2D eigenvalue weighted by molar-refractivity contribution is 6.09.